The second kappa shape index (κ2) is 7.45. The van der Waals surface area contributed by atoms with Crippen molar-refractivity contribution < 1.29 is 0 Å². The molecule has 88 valence electrons. The Hall–Kier alpha value is -0.820. The number of nitrogens with zero attached hydrogens (tertiary/aromatic N) is 1. The van der Waals surface area contributed by atoms with Crippen molar-refractivity contribution in [2.24, 2.45) is 5.73 Å². The summed E-state index contributed by atoms with van der Waals surface area (Å²) in [5.41, 5.74) is 6.52. The van der Waals surface area contributed by atoms with Gasteiger partial charge in [-0.25, -0.2) is 0 Å². The van der Waals surface area contributed by atoms with Gasteiger partial charge in [-0.3, -0.25) is 0 Å². The SMILES string of the molecule is CCCCN(C)Cc1sccc1C#CCN. The predicted octanol–water partition coefficient (Wildman–Crippen LogP) is 2.29. The minimum atomic E-state index is 0.432. The number of rotatable bonds is 5. The maximum Gasteiger partial charge on any atom is 0.0555 e. The minimum absolute atomic E-state index is 0.432. The Morgan fingerprint density at radius 1 is 1.50 bits per heavy atom. The molecular weight excluding hydrogens is 216 g/mol. The number of thiophene rings is 1. The van der Waals surface area contributed by atoms with Crippen molar-refractivity contribution in [2.75, 3.05) is 20.1 Å². The molecule has 0 aliphatic heterocycles. The summed E-state index contributed by atoms with van der Waals surface area (Å²) in [4.78, 5) is 3.70. The molecule has 0 saturated heterocycles. The molecule has 3 heteroatoms. The molecular formula is C13H20N2S. The molecule has 1 rings (SSSR count). The van der Waals surface area contributed by atoms with Crippen LogP contribution in [0.15, 0.2) is 11.4 Å². The molecule has 0 aliphatic carbocycles. The maximum absolute atomic E-state index is 5.38. The molecule has 16 heavy (non-hydrogen) atoms. The lowest BCUT2D eigenvalue weighted by Crippen LogP contribution is -2.18. The highest BCUT2D eigenvalue weighted by molar-refractivity contribution is 7.10. The largest absolute Gasteiger partial charge is 0.320 e. The standard InChI is InChI=1S/C13H20N2S/c1-3-4-9-15(2)11-13-12(6-5-8-14)7-10-16-13/h7,10H,3-4,8-9,11,14H2,1-2H3. The third kappa shape index (κ3) is 4.36. The van der Waals surface area contributed by atoms with Crippen LogP contribution in [0.2, 0.25) is 0 Å². The Kier molecular flexibility index (Phi) is 6.17. The molecule has 0 atom stereocenters. The van der Waals surface area contributed by atoms with E-state index in [0.29, 0.717) is 6.54 Å². The van der Waals surface area contributed by atoms with Crippen LogP contribution in [0, 0.1) is 11.8 Å². The van der Waals surface area contributed by atoms with Crippen molar-refractivity contribution >= 4 is 11.3 Å². The van der Waals surface area contributed by atoms with Crippen LogP contribution in [0.5, 0.6) is 0 Å². The van der Waals surface area contributed by atoms with Gasteiger partial charge >= 0.3 is 0 Å². The monoisotopic (exact) mass is 236 g/mol. The van der Waals surface area contributed by atoms with Gasteiger partial charge in [0.25, 0.3) is 0 Å². The number of nitrogens with two attached hydrogens (primary N) is 1. The molecule has 0 fully saturated rings. The average molecular weight is 236 g/mol. The van der Waals surface area contributed by atoms with Gasteiger partial charge < -0.3 is 10.6 Å². The summed E-state index contributed by atoms with van der Waals surface area (Å²) in [5, 5.41) is 2.10. The zero-order chi connectivity index (χ0) is 11.8. The summed E-state index contributed by atoms with van der Waals surface area (Å²) in [6.07, 6.45) is 2.50. The van der Waals surface area contributed by atoms with Gasteiger partial charge in [0, 0.05) is 17.0 Å². The molecule has 2 N–H and O–H groups in total. The molecule has 0 amide bonds. The van der Waals surface area contributed by atoms with Gasteiger partial charge in [-0.05, 0) is 31.5 Å². The lowest BCUT2D eigenvalue weighted by atomic mass is 10.2. The highest BCUT2D eigenvalue weighted by atomic mass is 32.1. The normalized spacial score (nSPS) is 10.2. The van der Waals surface area contributed by atoms with Crippen molar-refractivity contribution in [3.63, 3.8) is 0 Å². The van der Waals surface area contributed by atoms with Crippen LogP contribution in [0.3, 0.4) is 0 Å². The third-order valence-corrected chi connectivity index (χ3v) is 3.28. The van der Waals surface area contributed by atoms with E-state index >= 15 is 0 Å². The van der Waals surface area contributed by atoms with E-state index in [1.807, 2.05) is 0 Å². The van der Waals surface area contributed by atoms with Crippen molar-refractivity contribution in [3.05, 3.63) is 21.9 Å². The molecule has 0 unspecified atom stereocenters. The Morgan fingerprint density at radius 3 is 3.00 bits per heavy atom. The van der Waals surface area contributed by atoms with E-state index in [9.17, 15) is 0 Å². The number of hydrogen-bond donors (Lipinski definition) is 1. The van der Waals surface area contributed by atoms with Gasteiger partial charge in [-0.15, -0.1) is 11.3 Å². The molecule has 0 saturated carbocycles. The lowest BCUT2D eigenvalue weighted by Gasteiger charge is -2.15. The summed E-state index contributed by atoms with van der Waals surface area (Å²) in [6, 6.07) is 2.08. The summed E-state index contributed by atoms with van der Waals surface area (Å²) in [7, 11) is 2.16. The first-order valence-electron chi connectivity index (χ1n) is 5.71. The Labute approximate surface area is 102 Å². The van der Waals surface area contributed by atoms with Gasteiger partial charge in [0.1, 0.15) is 0 Å². The molecule has 1 aromatic rings. The Morgan fingerprint density at radius 2 is 2.31 bits per heavy atom. The molecule has 1 aromatic heterocycles. The van der Waals surface area contributed by atoms with Gasteiger partial charge in [0.2, 0.25) is 0 Å². The van der Waals surface area contributed by atoms with Crippen molar-refractivity contribution in [2.45, 2.75) is 26.3 Å². The van der Waals surface area contributed by atoms with Crippen molar-refractivity contribution in [3.8, 4) is 11.8 Å². The number of hydrogen-bond acceptors (Lipinski definition) is 3. The van der Waals surface area contributed by atoms with E-state index in [1.165, 1.54) is 17.7 Å². The molecule has 0 spiro atoms. The van der Waals surface area contributed by atoms with E-state index in [0.717, 1.165) is 18.7 Å². The first kappa shape index (κ1) is 13.2. The zero-order valence-electron chi connectivity index (χ0n) is 10.1. The molecule has 0 radical (unpaired) electrons. The molecule has 1 heterocycles. The van der Waals surface area contributed by atoms with E-state index in [4.69, 9.17) is 5.73 Å². The molecule has 0 bridgehead atoms. The van der Waals surface area contributed by atoms with Crippen molar-refractivity contribution in [1.29, 1.82) is 0 Å². The van der Waals surface area contributed by atoms with Crippen LogP contribution in [-0.4, -0.2) is 25.0 Å². The van der Waals surface area contributed by atoms with E-state index < -0.39 is 0 Å². The van der Waals surface area contributed by atoms with Crippen molar-refractivity contribution in [1.82, 2.24) is 4.90 Å². The van der Waals surface area contributed by atoms with Gasteiger partial charge in [-0.2, -0.15) is 0 Å². The number of unbranched alkanes of at least 4 members (excludes halogenated alkanes) is 1. The molecule has 0 aromatic carbocycles. The van der Waals surface area contributed by atoms with Crippen LogP contribution >= 0.6 is 11.3 Å². The van der Waals surface area contributed by atoms with Crippen LogP contribution < -0.4 is 5.73 Å². The second-order valence-electron chi connectivity index (χ2n) is 3.85. The van der Waals surface area contributed by atoms with Crippen LogP contribution in [0.1, 0.15) is 30.2 Å². The van der Waals surface area contributed by atoms with E-state index in [1.54, 1.807) is 11.3 Å². The average Bonchev–Trinajstić information content (AvgIpc) is 2.71. The Balaban J connectivity index is 2.56. The van der Waals surface area contributed by atoms with E-state index in [-0.39, 0.29) is 0 Å². The van der Waals surface area contributed by atoms with E-state index in [2.05, 4.69) is 42.2 Å². The lowest BCUT2D eigenvalue weighted by molar-refractivity contribution is 0.323. The van der Waals surface area contributed by atoms with Crippen LogP contribution in [-0.2, 0) is 6.54 Å². The summed E-state index contributed by atoms with van der Waals surface area (Å²) in [6.45, 7) is 4.79. The second-order valence-corrected chi connectivity index (χ2v) is 4.86. The quantitative estimate of drug-likeness (QED) is 0.795. The third-order valence-electron chi connectivity index (χ3n) is 2.38. The van der Waals surface area contributed by atoms with Gasteiger partial charge in [-0.1, -0.05) is 25.2 Å². The van der Waals surface area contributed by atoms with Crippen LogP contribution in [0.25, 0.3) is 0 Å². The first-order valence-corrected chi connectivity index (χ1v) is 6.59. The topological polar surface area (TPSA) is 29.3 Å². The fourth-order valence-corrected chi connectivity index (χ4v) is 2.38. The molecule has 0 aliphatic rings. The summed E-state index contributed by atoms with van der Waals surface area (Å²) >= 11 is 1.78. The highest BCUT2D eigenvalue weighted by Gasteiger charge is 2.05. The smallest absolute Gasteiger partial charge is 0.0555 e. The maximum atomic E-state index is 5.38. The van der Waals surface area contributed by atoms with Gasteiger partial charge in [0.05, 0.1) is 6.54 Å². The Bertz CT molecular complexity index is 359. The highest BCUT2D eigenvalue weighted by Crippen LogP contribution is 2.17. The fraction of sp³-hybridized carbons (Fsp3) is 0.538. The van der Waals surface area contributed by atoms with Gasteiger partial charge in [0.15, 0.2) is 0 Å². The first-order chi connectivity index (χ1) is 7.77. The fourth-order valence-electron chi connectivity index (χ4n) is 1.47. The molecule has 2 nitrogen and oxygen atoms in total. The predicted molar refractivity (Wildman–Crippen MR) is 71.5 cm³/mol. The summed E-state index contributed by atoms with van der Waals surface area (Å²) < 4.78 is 0. The minimum Gasteiger partial charge on any atom is -0.320 e. The zero-order valence-corrected chi connectivity index (χ0v) is 10.9. The van der Waals surface area contributed by atoms with Crippen LogP contribution in [0.4, 0.5) is 0 Å². The summed E-state index contributed by atoms with van der Waals surface area (Å²) in [5.74, 6) is 6.04.